The molecule has 10 nitrogen and oxygen atoms in total. The van der Waals surface area contributed by atoms with Crippen LogP contribution >= 0.6 is 0 Å². The minimum Gasteiger partial charge on any atom is -0.475 e. The maximum Gasteiger partial charge on any atom is 0.490 e. The molecule has 0 bridgehead atoms. The monoisotopic (exact) mass is 608 g/mol. The second kappa shape index (κ2) is 14.5. The summed E-state index contributed by atoms with van der Waals surface area (Å²) in [5.41, 5.74) is 5.31. The Morgan fingerprint density at radius 3 is 2.41 bits per heavy atom. The van der Waals surface area contributed by atoms with E-state index in [9.17, 15) is 22.8 Å². The Balaban J connectivity index is 0.000000566. The predicted molar refractivity (Wildman–Crippen MR) is 156 cm³/mol. The molecule has 3 heterocycles. The summed E-state index contributed by atoms with van der Waals surface area (Å²) in [6.07, 6.45) is 8.58. The van der Waals surface area contributed by atoms with Crippen LogP contribution in [0.25, 0.3) is 10.4 Å². The number of nitrogens with one attached hydrogen (secondary N) is 2. The van der Waals surface area contributed by atoms with E-state index in [1.807, 2.05) is 23.1 Å². The molecule has 3 aromatic rings. The van der Waals surface area contributed by atoms with Crippen LogP contribution < -0.4 is 5.32 Å². The molecule has 0 atom stereocenters. The van der Waals surface area contributed by atoms with Crippen LogP contribution in [-0.4, -0.2) is 62.0 Å². The van der Waals surface area contributed by atoms with Crippen molar-refractivity contribution in [2.24, 2.45) is 0 Å². The molecule has 3 N–H and O–H groups in total. The Labute approximate surface area is 251 Å². The van der Waals surface area contributed by atoms with Crippen molar-refractivity contribution >= 4 is 34.9 Å². The third-order valence-electron chi connectivity index (χ3n) is 7.49. The number of aliphatic carboxylic acids is 1. The van der Waals surface area contributed by atoms with E-state index >= 15 is 0 Å². The summed E-state index contributed by atoms with van der Waals surface area (Å²) in [6.45, 7) is 8.57. The van der Waals surface area contributed by atoms with Gasteiger partial charge in [-0.05, 0) is 85.4 Å². The maximum absolute atomic E-state index is 12.8. The number of aromatic nitrogens is 3. The van der Waals surface area contributed by atoms with Gasteiger partial charge in [-0.15, -0.1) is 0 Å². The number of piperidine rings is 1. The van der Waals surface area contributed by atoms with E-state index in [0.29, 0.717) is 12.3 Å². The molecule has 44 heavy (non-hydrogen) atoms. The first-order valence-corrected chi connectivity index (χ1v) is 14.1. The number of likely N-dealkylation sites (tertiary alicyclic amines) is 1. The number of hydrogen-bond donors (Lipinski definition) is 3. The first-order chi connectivity index (χ1) is 21.0. The number of imidazole rings is 1. The Morgan fingerprint density at radius 2 is 1.82 bits per heavy atom. The van der Waals surface area contributed by atoms with E-state index < -0.39 is 12.1 Å². The number of anilines is 1. The fourth-order valence-corrected chi connectivity index (χ4v) is 5.19. The number of rotatable bonds is 6. The number of hydrogen-bond acceptors (Lipinski definition) is 5. The highest BCUT2D eigenvalue weighted by Gasteiger charge is 2.38. The number of carboxylic acid groups (broad SMARTS) is 1. The van der Waals surface area contributed by atoms with Gasteiger partial charge in [-0.25, -0.2) is 9.78 Å². The van der Waals surface area contributed by atoms with E-state index in [1.54, 1.807) is 12.4 Å². The van der Waals surface area contributed by atoms with E-state index in [2.05, 4.69) is 43.3 Å². The molecule has 1 fully saturated rings. The van der Waals surface area contributed by atoms with Gasteiger partial charge in [-0.2, -0.15) is 13.2 Å². The van der Waals surface area contributed by atoms with E-state index in [4.69, 9.17) is 16.5 Å². The SMILES string of the molecule is O=C(O)C(F)(F)F.[C-]#[N+]c1cnc(C(=O)Nc2ccc(C3CCN(C(=O)Cc4ccncc4)CC3)cc2C2=CCCCC2)[nH]1. The molecule has 2 amide bonds. The Hall–Kier alpha value is -4.99. The lowest BCUT2D eigenvalue weighted by atomic mass is 9.85. The maximum atomic E-state index is 12.8. The zero-order valence-corrected chi connectivity index (χ0v) is 23.7. The number of benzene rings is 1. The fraction of sp³-hybridized carbons (Fsp3) is 0.355. The summed E-state index contributed by atoms with van der Waals surface area (Å²) in [5, 5.41) is 10.1. The van der Waals surface area contributed by atoms with Crippen molar-refractivity contribution in [2.45, 2.75) is 57.0 Å². The van der Waals surface area contributed by atoms with Gasteiger partial charge in [-0.1, -0.05) is 18.7 Å². The molecule has 0 radical (unpaired) electrons. The van der Waals surface area contributed by atoms with Gasteiger partial charge < -0.3 is 20.2 Å². The van der Waals surface area contributed by atoms with Crippen LogP contribution in [0, 0.1) is 6.57 Å². The molecule has 1 aliphatic heterocycles. The van der Waals surface area contributed by atoms with Gasteiger partial charge in [-0.3, -0.25) is 19.6 Å². The van der Waals surface area contributed by atoms with Crippen molar-refractivity contribution in [3.05, 3.63) is 88.9 Å². The van der Waals surface area contributed by atoms with Crippen molar-refractivity contribution in [2.75, 3.05) is 18.4 Å². The number of carbonyl (C=O) groups excluding carboxylic acids is 2. The molecule has 5 rings (SSSR count). The van der Waals surface area contributed by atoms with Crippen LogP contribution in [0.1, 0.15) is 71.8 Å². The molecule has 13 heteroatoms. The Morgan fingerprint density at radius 1 is 1.11 bits per heavy atom. The molecule has 1 saturated heterocycles. The second-order valence-electron chi connectivity index (χ2n) is 10.5. The largest absolute Gasteiger partial charge is 0.490 e. The van der Waals surface area contributed by atoms with Crippen LogP contribution in [0.5, 0.6) is 0 Å². The van der Waals surface area contributed by atoms with Crippen LogP contribution in [0.15, 0.2) is 55.0 Å². The lowest BCUT2D eigenvalue weighted by Gasteiger charge is -2.33. The molecule has 1 aromatic carbocycles. The molecular formula is C31H31F3N6O4. The quantitative estimate of drug-likeness (QED) is 0.288. The average Bonchev–Trinajstić information content (AvgIpc) is 3.52. The van der Waals surface area contributed by atoms with Crippen molar-refractivity contribution in [1.82, 2.24) is 19.9 Å². The normalized spacial score (nSPS) is 15.3. The number of amides is 2. The zero-order valence-electron chi connectivity index (χ0n) is 23.7. The number of carbonyl (C=O) groups is 3. The van der Waals surface area contributed by atoms with Crippen LogP contribution in [0.3, 0.4) is 0 Å². The van der Waals surface area contributed by atoms with Crippen LogP contribution in [0.4, 0.5) is 24.7 Å². The molecule has 0 unspecified atom stereocenters. The van der Waals surface area contributed by atoms with Gasteiger partial charge in [0.25, 0.3) is 5.82 Å². The average molecular weight is 609 g/mol. The standard InChI is InChI=1S/C29H30N6O2.C2HF3O2/c1-30-26-19-32-28(34-26)29(37)33-25-8-7-23(18-24(25)22-5-3-2-4-6-22)21-11-15-35(16-12-21)27(36)17-20-9-13-31-14-10-20;3-2(4,5)1(6)7/h5,7-10,13-14,18-19,21H,2-4,6,11-12,15-17H2,(H,32,34)(H,33,37);(H,6,7). The number of aromatic amines is 1. The van der Waals surface area contributed by atoms with Gasteiger partial charge >= 0.3 is 18.1 Å². The number of carboxylic acids is 1. The zero-order chi connectivity index (χ0) is 31.7. The molecule has 1 aliphatic carbocycles. The van der Waals surface area contributed by atoms with E-state index in [0.717, 1.165) is 62.0 Å². The molecule has 230 valence electrons. The van der Waals surface area contributed by atoms with Crippen molar-refractivity contribution < 1.29 is 32.7 Å². The van der Waals surface area contributed by atoms with Gasteiger partial charge in [0.15, 0.2) is 0 Å². The van der Waals surface area contributed by atoms with Gasteiger partial charge in [0.1, 0.15) is 0 Å². The number of alkyl halides is 3. The molecule has 2 aromatic heterocycles. The lowest BCUT2D eigenvalue weighted by Crippen LogP contribution is -2.38. The number of H-pyrrole nitrogens is 1. The number of allylic oxidation sites excluding steroid dienone is 2. The first-order valence-electron chi connectivity index (χ1n) is 14.1. The van der Waals surface area contributed by atoms with Crippen molar-refractivity contribution in [3.63, 3.8) is 0 Å². The lowest BCUT2D eigenvalue weighted by molar-refractivity contribution is -0.192. The summed E-state index contributed by atoms with van der Waals surface area (Å²) in [4.78, 5) is 50.6. The molecule has 0 saturated carbocycles. The van der Waals surface area contributed by atoms with Crippen LogP contribution in [0.2, 0.25) is 0 Å². The number of pyridine rings is 1. The van der Waals surface area contributed by atoms with Crippen molar-refractivity contribution in [1.29, 1.82) is 0 Å². The van der Waals surface area contributed by atoms with E-state index in [-0.39, 0.29) is 23.5 Å². The minimum absolute atomic E-state index is 0.127. The summed E-state index contributed by atoms with van der Waals surface area (Å²) < 4.78 is 31.7. The van der Waals surface area contributed by atoms with Gasteiger partial charge in [0, 0.05) is 36.7 Å². The molecular weight excluding hydrogens is 577 g/mol. The van der Waals surface area contributed by atoms with Gasteiger partial charge in [0.2, 0.25) is 11.7 Å². The Bertz CT molecular complexity index is 1550. The predicted octanol–water partition coefficient (Wildman–Crippen LogP) is 6.15. The van der Waals surface area contributed by atoms with E-state index in [1.165, 1.54) is 23.8 Å². The molecule has 0 spiro atoms. The highest BCUT2D eigenvalue weighted by Crippen LogP contribution is 2.36. The van der Waals surface area contributed by atoms with Crippen LogP contribution in [-0.2, 0) is 16.0 Å². The third-order valence-corrected chi connectivity index (χ3v) is 7.49. The fourth-order valence-electron chi connectivity index (χ4n) is 5.19. The summed E-state index contributed by atoms with van der Waals surface area (Å²) in [5.74, 6) is -2.23. The summed E-state index contributed by atoms with van der Waals surface area (Å²) in [7, 11) is 0. The van der Waals surface area contributed by atoms with Gasteiger partial charge in [0.05, 0.1) is 12.6 Å². The topological polar surface area (TPSA) is 133 Å². The highest BCUT2D eigenvalue weighted by molar-refractivity contribution is 6.03. The second-order valence-corrected chi connectivity index (χ2v) is 10.5. The minimum atomic E-state index is -5.08. The number of nitrogens with zero attached hydrogens (tertiary/aromatic N) is 4. The smallest absolute Gasteiger partial charge is 0.475 e. The molecule has 2 aliphatic rings. The highest BCUT2D eigenvalue weighted by atomic mass is 19.4. The number of halogens is 3. The summed E-state index contributed by atoms with van der Waals surface area (Å²) in [6, 6.07) is 10.1. The first kappa shape index (κ1) is 31.9. The Kier molecular flexibility index (Phi) is 10.5. The third kappa shape index (κ3) is 8.53. The van der Waals surface area contributed by atoms with Crippen molar-refractivity contribution in [3.8, 4) is 0 Å². The summed E-state index contributed by atoms with van der Waals surface area (Å²) >= 11 is 0.